The fourth-order valence-corrected chi connectivity index (χ4v) is 2.34. The number of aromatic nitrogens is 1. The standard InChI is InChI=1S/C13H13N5O4S.Na.H/c14-17-13(19)10-5-6-12(15-7-10)18-16-8-9-3-1-2-4-11(9)23(20,21)22;;/h1-8H,14H2,(H,15,18)(H,17,19)(H,20,21,22);;/b16-8-;;. The summed E-state index contributed by atoms with van der Waals surface area (Å²) in [6.45, 7) is 0. The van der Waals surface area contributed by atoms with Crippen LogP contribution < -0.4 is 16.7 Å². The second-order valence-electron chi connectivity index (χ2n) is 4.29. The van der Waals surface area contributed by atoms with Crippen LogP contribution in [-0.2, 0) is 10.1 Å². The summed E-state index contributed by atoms with van der Waals surface area (Å²) < 4.78 is 31.6. The van der Waals surface area contributed by atoms with Gasteiger partial charge in [0.05, 0.1) is 11.8 Å². The van der Waals surface area contributed by atoms with Crippen LogP contribution in [0.1, 0.15) is 15.9 Å². The van der Waals surface area contributed by atoms with E-state index in [2.05, 4.69) is 15.5 Å². The molecule has 5 N–H and O–H groups in total. The minimum atomic E-state index is -4.34. The molecular weight excluding hydrogens is 345 g/mol. The second kappa shape index (κ2) is 8.87. The zero-order valence-corrected chi connectivity index (χ0v) is 12.5. The van der Waals surface area contributed by atoms with Gasteiger partial charge in [-0.25, -0.2) is 10.8 Å². The summed E-state index contributed by atoms with van der Waals surface area (Å²) in [4.78, 5) is 14.9. The third-order valence-electron chi connectivity index (χ3n) is 2.74. The SMILES string of the molecule is NNC(=O)c1ccc(N/N=C\c2ccccc2S(=O)(=O)O)nc1.[NaH]. The van der Waals surface area contributed by atoms with E-state index >= 15 is 0 Å². The summed E-state index contributed by atoms with van der Waals surface area (Å²) in [5, 5.41) is 3.84. The van der Waals surface area contributed by atoms with Gasteiger partial charge in [0.1, 0.15) is 10.7 Å². The molecule has 0 unspecified atom stereocenters. The van der Waals surface area contributed by atoms with Crippen molar-refractivity contribution in [3.8, 4) is 0 Å². The molecule has 0 spiro atoms. The van der Waals surface area contributed by atoms with Crippen molar-refractivity contribution in [1.82, 2.24) is 10.4 Å². The monoisotopic (exact) mass is 359 g/mol. The fourth-order valence-electron chi connectivity index (χ4n) is 1.67. The molecule has 0 bridgehead atoms. The first-order valence-corrected chi connectivity index (χ1v) is 7.68. The van der Waals surface area contributed by atoms with Gasteiger partial charge < -0.3 is 0 Å². The number of benzene rings is 1. The van der Waals surface area contributed by atoms with Crippen molar-refractivity contribution < 1.29 is 17.8 Å². The zero-order valence-electron chi connectivity index (χ0n) is 11.7. The number of nitrogens with one attached hydrogen (secondary N) is 2. The number of hydrogen-bond acceptors (Lipinski definition) is 7. The average molecular weight is 359 g/mol. The van der Waals surface area contributed by atoms with Gasteiger partial charge in [0, 0.05) is 11.8 Å². The van der Waals surface area contributed by atoms with Gasteiger partial charge in [-0.15, -0.1) is 0 Å². The van der Waals surface area contributed by atoms with Crippen molar-refractivity contribution in [2.24, 2.45) is 10.9 Å². The third-order valence-corrected chi connectivity index (χ3v) is 3.66. The molecule has 0 fully saturated rings. The molecule has 0 saturated heterocycles. The molecule has 0 aliphatic rings. The summed E-state index contributed by atoms with van der Waals surface area (Å²) in [5.74, 6) is 4.86. The number of nitrogens with two attached hydrogens (primary N) is 1. The molecule has 0 radical (unpaired) electrons. The molecule has 1 heterocycles. The van der Waals surface area contributed by atoms with E-state index < -0.39 is 16.0 Å². The number of hydrazone groups is 1. The van der Waals surface area contributed by atoms with Gasteiger partial charge in [0.25, 0.3) is 16.0 Å². The molecule has 2 rings (SSSR count). The summed E-state index contributed by atoms with van der Waals surface area (Å²) in [5.41, 5.74) is 5.04. The van der Waals surface area contributed by atoms with Gasteiger partial charge in [-0.1, -0.05) is 18.2 Å². The Labute approximate surface area is 160 Å². The van der Waals surface area contributed by atoms with E-state index in [9.17, 15) is 13.2 Å². The minimum absolute atomic E-state index is 0. The van der Waals surface area contributed by atoms with Crippen LogP contribution in [0.25, 0.3) is 0 Å². The summed E-state index contributed by atoms with van der Waals surface area (Å²) in [7, 11) is -4.34. The Hall–Kier alpha value is -1.82. The van der Waals surface area contributed by atoms with Crippen LogP contribution in [0.3, 0.4) is 0 Å². The number of nitrogen functional groups attached to an aromatic ring is 1. The first-order valence-electron chi connectivity index (χ1n) is 6.24. The Bertz CT molecular complexity index is 840. The van der Waals surface area contributed by atoms with Gasteiger partial charge in [-0.3, -0.25) is 20.2 Å². The van der Waals surface area contributed by atoms with Crippen molar-refractivity contribution in [2.75, 3.05) is 5.43 Å². The number of hydrazine groups is 1. The van der Waals surface area contributed by atoms with E-state index in [1.54, 1.807) is 6.07 Å². The Balaban J connectivity index is 0.00000288. The number of carbonyl (C=O) groups excluding carboxylic acids is 1. The maximum atomic E-state index is 11.2. The molecule has 0 aliphatic heterocycles. The molecule has 1 aromatic carbocycles. The molecule has 1 amide bonds. The number of pyridine rings is 1. The van der Waals surface area contributed by atoms with E-state index in [-0.39, 0.29) is 45.6 Å². The van der Waals surface area contributed by atoms with Gasteiger partial charge in [-0.2, -0.15) is 13.5 Å². The van der Waals surface area contributed by atoms with E-state index in [0.717, 1.165) is 0 Å². The van der Waals surface area contributed by atoms with Crippen LogP contribution in [0.15, 0.2) is 52.6 Å². The predicted octanol–water partition coefficient (Wildman–Crippen LogP) is -0.271. The number of anilines is 1. The van der Waals surface area contributed by atoms with E-state index in [1.165, 1.54) is 42.7 Å². The van der Waals surface area contributed by atoms with E-state index in [0.29, 0.717) is 5.82 Å². The first kappa shape index (κ1) is 20.2. The van der Waals surface area contributed by atoms with Crippen molar-refractivity contribution in [1.29, 1.82) is 0 Å². The molecule has 122 valence electrons. The topological polar surface area (TPSA) is 147 Å². The van der Waals surface area contributed by atoms with Crippen LogP contribution >= 0.6 is 0 Å². The Kier molecular flexibility index (Phi) is 7.48. The number of rotatable bonds is 5. The summed E-state index contributed by atoms with van der Waals surface area (Å²) in [6, 6.07) is 8.81. The number of hydrogen-bond donors (Lipinski definition) is 4. The van der Waals surface area contributed by atoms with Gasteiger partial charge in [0.2, 0.25) is 0 Å². The quantitative estimate of drug-likeness (QED) is 0.143. The molecule has 24 heavy (non-hydrogen) atoms. The van der Waals surface area contributed by atoms with Crippen molar-refractivity contribution in [2.45, 2.75) is 4.90 Å². The van der Waals surface area contributed by atoms with Gasteiger partial charge in [-0.05, 0) is 18.2 Å². The molecule has 0 aliphatic carbocycles. The van der Waals surface area contributed by atoms with Crippen LogP contribution in [-0.4, -0.2) is 59.6 Å². The summed E-state index contributed by atoms with van der Waals surface area (Å²) in [6.07, 6.45) is 2.53. The normalized spacial score (nSPS) is 10.9. The fraction of sp³-hybridized carbons (Fsp3) is 0. The molecule has 1 aromatic heterocycles. The number of nitrogens with zero attached hydrogens (tertiary/aromatic N) is 2. The molecule has 9 nitrogen and oxygen atoms in total. The predicted molar refractivity (Wildman–Crippen MR) is 90.5 cm³/mol. The maximum absolute atomic E-state index is 11.2. The van der Waals surface area contributed by atoms with Crippen molar-refractivity contribution in [3.63, 3.8) is 0 Å². The van der Waals surface area contributed by atoms with Crippen LogP contribution in [0, 0.1) is 0 Å². The van der Waals surface area contributed by atoms with Gasteiger partial charge >= 0.3 is 29.6 Å². The first-order chi connectivity index (χ1) is 10.9. The Morgan fingerprint density at radius 1 is 1.25 bits per heavy atom. The molecule has 0 atom stereocenters. The molecule has 0 saturated carbocycles. The Morgan fingerprint density at radius 3 is 2.54 bits per heavy atom. The molecular formula is C13H14N5NaO4S. The third kappa shape index (κ3) is 5.37. The summed E-state index contributed by atoms with van der Waals surface area (Å²) >= 11 is 0. The zero-order chi connectivity index (χ0) is 16.9. The van der Waals surface area contributed by atoms with Crippen molar-refractivity contribution >= 4 is 57.6 Å². The molecule has 2 aromatic rings. The number of amides is 1. The second-order valence-corrected chi connectivity index (χ2v) is 5.68. The number of carbonyl (C=O) groups is 1. The van der Waals surface area contributed by atoms with Crippen LogP contribution in [0.5, 0.6) is 0 Å². The average Bonchev–Trinajstić information content (AvgIpc) is 2.54. The van der Waals surface area contributed by atoms with Gasteiger partial charge in [0.15, 0.2) is 0 Å². The van der Waals surface area contributed by atoms with Crippen LogP contribution in [0.4, 0.5) is 5.82 Å². The van der Waals surface area contributed by atoms with E-state index in [1.807, 2.05) is 5.43 Å². The Morgan fingerprint density at radius 2 is 1.96 bits per heavy atom. The molecule has 11 heteroatoms. The van der Waals surface area contributed by atoms with Crippen LogP contribution in [0.2, 0.25) is 0 Å². The van der Waals surface area contributed by atoms with Crippen molar-refractivity contribution in [3.05, 3.63) is 53.7 Å². The van der Waals surface area contributed by atoms with E-state index in [4.69, 9.17) is 10.4 Å².